The topological polar surface area (TPSA) is 64.0 Å². The minimum Gasteiger partial charge on any atom is -0.476 e. The Bertz CT molecular complexity index is 746. The molecule has 2 fully saturated rings. The van der Waals surface area contributed by atoms with Gasteiger partial charge in [-0.15, -0.1) is 15.3 Å². The summed E-state index contributed by atoms with van der Waals surface area (Å²) in [5.74, 6) is 1.77. The van der Waals surface area contributed by atoms with Crippen molar-refractivity contribution in [2.45, 2.75) is 31.4 Å². The average Bonchev–Trinajstić information content (AvgIpc) is 3.38. The van der Waals surface area contributed by atoms with Crippen LogP contribution in [0.1, 0.15) is 36.6 Å². The normalized spacial score (nSPS) is 20.4. The highest BCUT2D eigenvalue weighted by atomic mass is 19.4. The molecule has 0 radical (unpaired) electrons. The van der Waals surface area contributed by atoms with Crippen LogP contribution >= 0.6 is 0 Å². The van der Waals surface area contributed by atoms with Crippen molar-refractivity contribution in [3.8, 4) is 5.88 Å². The molecule has 2 aromatic rings. The van der Waals surface area contributed by atoms with E-state index in [0.717, 1.165) is 18.2 Å². The fraction of sp³-hybridized carbons (Fsp3) is 0.529. The van der Waals surface area contributed by atoms with Gasteiger partial charge in [0, 0.05) is 31.0 Å². The van der Waals surface area contributed by atoms with Gasteiger partial charge in [-0.25, -0.2) is 0 Å². The van der Waals surface area contributed by atoms with Crippen LogP contribution in [0.2, 0.25) is 0 Å². The number of hydrogen-bond donors (Lipinski definition) is 0. The van der Waals surface area contributed by atoms with E-state index in [1.165, 1.54) is 18.9 Å². The molecule has 1 saturated heterocycles. The number of anilines is 1. The van der Waals surface area contributed by atoms with Crippen molar-refractivity contribution in [3.05, 3.63) is 35.7 Å². The van der Waals surface area contributed by atoms with Crippen LogP contribution in [0.15, 0.2) is 24.3 Å². The fourth-order valence-electron chi connectivity index (χ4n) is 3.03. The number of halogens is 3. The Morgan fingerprint density at radius 3 is 2.46 bits per heavy atom. The Balaban J connectivity index is 1.29. The first-order valence-corrected chi connectivity index (χ1v) is 8.61. The van der Waals surface area contributed by atoms with Gasteiger partial charge in [-0.1, -0.05) is 0 Å². The van der Waals surface area contributed by atoms with Gasteiger partial charge < -0.3 is 9.64 Å². The lowest BCUT2D eigenvalue weighted by atomic mass is 10.1. The maximum atomic E-state index is 12.5. The average molecular weight is 365 g/mol. The third-order valence-electron chi connectivity index (χ3n) is 4.67. The van der Waals surface area contributed by atoms with Gasteiger partial charge in [0.1, 0.15) is 0 Å². The zero-order valence-electron chi connectivity index (χ0n) is 14.0. The molecule has 0 spiro atoms. The second kappa shape index (κ2) is 6.69. The largest absolute Gasteiger partial charge is 0.476 e. The van der Waals surface area contributed by atoms with E-state index < -0.39 is 11.9 Å². The Morgan fingerprint density at radius 1 is 1.00 bits per heavy atom. The van der Waals surface area contributed by atoms with Crippen molar-refractivity contribution in [3.63, 3.8) is 0 Å². The molecule has 1 aliphatic carbocycles. The molecular formula is C17H18F3N5O. The lowest BCUT2D eigenvalue weighted by molar-refractivity contribution is -0.141. The molecule has 0 bridgehead atoms. The smallest absolute Gasteiger partial charge is 0.435 e. The highest BCUT2D eigenvalue weighted by Crippen LogP contribution is 2.38. The maximum absolute atomic E-state index is 12.5. The summed E-state index contributed by atoms with van der Waals surface area (Å²) in [6, 6.07) is 6.12. The molecule has 0 aromatic carbocycles. The van der Waals surface area contributed by atoms with Crippen LogP contribution in [0.5, 0.6) is 5.88 Å². The first kappa shape index (κ1) is 17.0. The van der Waals surface area contributed by atoms with E-state index in [0.29, 0.717) is 37.3 Å². The minimum atomic E-state index is -4.47. The molecule has 1 unspecified atom stereocenters. The minimum absolute atomic E-state index is 0.254. The van der Waals surface area contributed by atoms with Crippen molar-refractivity contribution in [2.24, 2.45) is 5.92 Å². The molecule has 9 heteroatoms. The quantitative estimate of drug-likeness (QED) is 0.811. The van der Waals surface area contributed by atoms with Gasteiger partial charge in [0.15, 0.2) is 11.5 Å². The number of hydrogen-bond acceptors (Lipinski definition) is 6. The molecule has 3 heterocycles. The van der Waals surface area contributed by atoms with Crippen LogP contribution in [0, 0.1) is 5.92 Å². The second-order valence-electron chi connectivity index (χ2n) is 6.76. The third kappa shape index (κ3) is 3.86. The van der Waals surface area contributed by atoms with Crippen molar-refractivity contribution < 1.29 is 17.9 Å². The summed E-state index contributed by atoms with van der Waals surface area (Å²) in [6.07, 6.45) is -1.24. The first-order valence-electron chi connectivity index (χ1n) is 8.61. The van der Waals surface area contributed by atoms with E-state index >= 15 is 0 Å². The summed E-state index contributed by atoms with van der Waals surface area (Å²) in [5, 5.41) is 15.3. The SMILES string of the molecule is FC(F)(F)c1ccc(N2CCC(COc3ccc(C4CC4)nn3)C2)nn1. The molecule has 6 nitrogen and oxygen atoms in total. The molecule has 1 aliphatic heterocycles. The van der Waals surface area contributed by atoms with Gasteiger partial charge in [0.25, 0.3) is 0 Å². The van der Waals surface area contributed by atoms with E-state index in [9.17, 15) is 13.2 Å². The Kier molecular flexibility index (Phi) is 4.37. The summed E-state index contributed by atoms with van der Waals surface area (Å²) in [6.45, 7) is 1.86. The van der Waals surface area contributed by atoms with Crippen molar-refractivity contribution in [1.29, 1.82) is 0 Å². The van der Waals surface area contributed by atoms with Gasteiger partial charge in [-0.2, -0.15) is 18.3 Å². The molecule has 0 amide bonds. The van der Waals surface area contributed by atoms with E-state index in [1.54, 1.807) is 0 Å². The number of rotatable bonds is 5. The van der Waals surface area contributed by atoms with Crippen LogP contribution in [0.25, 0.3) is 0 Å². The standard InChI is InChI=1S/C17H18F3N5O/c18-17(19,20)14-4-5-15(23-22-14)25-8-7-11(9-25)10-26-16-6-3-13(21-24-16)12-1-2-12/h3-6,11-12H,1-2,7-10H2. The predicted molar refractivity (Wildman–Crippen MR) is 86.9 cm³/mol. The first-order chi connectivity index (χ1) is 12.5. The molecule has 138 valence electrons. The zero-order chi connectivity index (χ0) is 18.1. The van der Waals surface area contributed by atoms with E-state index in [1.807, 2.05) is 17.0 Å². The molecule has 2 aliphatic rings. The fourth-order valence-corrected chi connectivity index (χ4v) is 3.03. The predicted octanol–water partition coefficient (Wildman–Crippen LogP) is 3.07. The van der Waals surface area contributed by atoms with Gasteiger partial charge in [-0.05, 0) is 37.5 Å². The van der Waals surface area contributed by atoms with Gasteiger partial charge >= 0.3 is 6.18 Å². The van der Waals surface area contributed by atoms with Crippen LogP contribution in [-0.2, 0) is 6.18 Å². The molecular weight excluding hydrogens is 347 g/mol. The highest BCUT2D eigenvalue weighted by Gasteiger charge is 2.33. The monoisotopic (exact) mass is 365 g/mol. The summed E-state index contributed by atoms with van der Waals surface area (Å²) < 4.78 is 43.4. The number of alkyl halides is 3. The summed E-state index contributed by atoms with van der Waals surface area (Å²) in [7, 11) is 0. The molecule has 26 heavy (non-hydrogen) atoms. The number of aromatic nitrogens is 4. The van der Waals surface area contributed by atoms with Gasteiger partial charge in [-0.3, -0.25) is 0 Å². The van der Waals surface area contributed by atoms with Crippen LogP contribution in [-0.4, -0.2) is 40.1 Å². The van der Waals surface area contributed by atoms with E-state index in [-0.39, 0.29) is 5.92 Å². The molecule has 0 N–H and O–H groups in total. The van der Waals surface area contributed by atoms with Crippen LogP contribution < -0.4 is 9.64 Å². The summed E-state index contributed by atoms with van der Waals surface area (Å²) >= 11 is 0. The van der Waals surface area contributed by atoms with E-state index in [4.69, 9.17) is 4.74 Å². The molecule has 1 saturated carbocycles. The summed E-state index contributed by atoms with van der Waals surface area (Å²) in [4.78, 5) is 1.92. The molecule has 2 aromatic heterocycles. The zero-order valence-corrected chi connectivity index (χ0v) is 14.0. The Morgan fingerprint density at radius 2 is 1.85 bits per heavy atom. The summed E-state index contributed by atoms with van der Waals surface area (Å²) in [5.41, 5.74) is 0.0406. The number of ether oxygens (including phenoxy) is 1. The van der Waals surface area contributed by atoms with Crippen molar-refractivity contribution >= 4 is 5.82 Å². The van der Waals surface area contributed by atoms with Gasteiger partial charge in [0.05, 0.1) is 12.3 Å². The molecule has 1 atom stereocenters. The Labute approximate surface area is 148 Å². The van der Waals surface area contributed by atoms with E-state index in [2.05, 4.69) is 20.4 Å². The third-order valence-corrected chi connectivity index (χ3v) is 4.67. The van der Waals surface area contributed by atoms with Crippen molar-refractivity contribution in [2.75, 3.05) is 24.6 Å². The Hall–Kier alpha value is -2.45. The van der Waals surface area contributed by atoms with Gasteiger partial charge in [0.2, 0.25) is 5.88 Å². The number of nitrogens with zero attached hydrogens (tertiary/aromatic N) is 5. The van der Waals surface area contributed by atoms with Crippen LogP contribution in [0.3, 0.4) is 0 Å². The highest BCUT2D eigenvalue weighted by molar-refractivity contribution is 5.39. The maximum Gasteiger partial charge on any atom is 0.435 e. The lowest BCUT2D eigenvalue weighted by Gasteiger charge is -2.17. The van der Waals surface area contributed by atoms with Crippen LogP contribution in [0.4, 0.5) is 19.0 Å². The second-order valence-corrected chi connectivity index (χ2v) is 6.76. The lowest BCUT2D eigenvalue weighted by Crippen LogP contribution is -2.23. The van der Waals surface area contributed by atoms with Crippen molar-refractivity contribution in [1.82, 2.24) is 20.4 Å². The molecule has 4 rings (SSSR count).